The van der Waals surface area contributed by atoms with E-state index < -0.39 is 5.91 Å². The Labute approximate surface area is 90.7 Å². The lowest BCUT2D eigenvalue weighted by Crippen LogP contribution is -2.20. The molecule has 0 aliphatic carbocycles. The normalized spacial score (nSPS) is 10.3. The first-order valence-electron chi connectivity index (χ1n) is 4.69. The van der Waals surface area contributed by atoms with Gasteiger partial charge >= 0.3 is 0 Å². The maximum absolute atomic E-state index is 11.9. The average molecular weight is 218 g/mol. The molecule has 0 atom stereocenters. The molecule has 0 spiro atoms. The van der Waals surface area contributed by atoms with Crippen molar-refractivity contribution in [1.82, 2.24) is 14.8 Å². The third-order valence-electron chi connectivity index (χ3n) is 2.10. The molecule has 0 aromatic carbocycles. The van der Waals surface area contributed by atoms with E-state index in [1.807, 2.05) is 0 Å². The number of hydrogen-bond acceptors (Lipinski definition) is 4. The second-order valence-corrected chi connectivity index (χ2v) is 3.17. The summed E-state index contributed by atoms with van der Waals surface area (Å²) in [5.41, 5.74) is 5.76. The van der Waals surface area contributed by atoms with Gasteiger partial charge in [-0.25, -0.2) is 4.68 Å². The van der Waals surface area contributed by atoms with Gasteiger partial charge < -0.3 is 5.73 Å². The van der Waals surface area contributed by atoms with Crippen molar-refractivity contribution in [3.05, 3.63) is 52.2 Å². The first-order chi connectivity index (χ1) is 7.72. The summed E-state index contributed by atoms with van der Waals surface area (Å²) in [6.07, 6.45) is 1.51. The molecule has 2 aromatic rings. The van der Waals surface area contributed by atoms with Crippen molar-refractivity contribution in [2.45, 2.75) is 6.54 Å². The fourth-order valence-electron chi connectivity index (χ4n) is 1.37. The van der Waals surface area contributed by atoms with Gasteiger partial charge in [0.25, 0.3) is 11.5 Å². The largest absolute Gasteiger partial charge is 0.325 e. The zero-order valence-electron chi connectivity index (χ0n) is 8.38. The van der Waals surface area contributed by atoms with Crippen LogP contribution in [0.25, 0.3) is 0 Å². The highest BCUT2D eigenvalue weighted by molar-refractivity contribution is 5.93. The Hall–Kier alpha value is -2.21. The standard InChI is InChI=1S/C10H10N4O2/c11-6-7-5-9(15)13-14(7)10(16)8-3-1-2-4-12-8/h1-5H,6,11H2,(H,13,15). The minimum atomic E-state index is -0.400. The molecule has 0 radical (unpaired) electrons. The maximum atomic E-state index is 11.9. The van der Waals surface area contributed by atoms with Gasteiger partial charge in [0.15, 0.2) is 0 Å². The van der Waals surface area contributed by atoms with E-state index in [0.717, 1.165) is 4.68 Å². The second-order valence-electron chi connectivity index (χ2n) is 3.17. The molecule has 0 unspecified atom stereocenters. The van der Waals surface area contributed by atoms with Gasteiger partial charge in [-0.3, -0.25) is 19.7 Å². The minimum absolute atomic E-state index is 0.108. The van der Waals surface area contributed by atoms with E-state index in [4.69, 9.17) is 5.73 Å². The Morgan fingerprint density at radius 1 is 1.50 bits per heavy atom. The van der Waals surface area contributed by atoms with Gasteiger partial charge in [-0.2, -0.15) is 0 Å². The van der Waals surface area contributed by atoms with Crippen LogP contribution >= 0.6 is 0 Å². The lowest BCUT2D eigenvalue weighted by atomic mass is 10.3. The summed E-state index contributed by atoms with van der Waals surface area (Å²) in [7, 11) is 0. The second kappa shape index (κ2) is 4.11. The van der Waals surface area contributed by atoms with E-state index in [-0.39, 0.29) is 17.8 Å². The Bertz CT molecular complexity index is 556. The quantitative estimate of drug-likeness (QED) is 0.724. The average Bonchev–Trinajstić information content (AvgIpc) is 2.70. The maximum Gasteiger partial charge on any atom is 0.295 e. The van der Waals surface area contributed by atoms with Crippen LogP contribution in [0.1, 0.15) is 16.2 Å². The zero-order chi connectivity index (χ0) is 11.5. The van der Waals surface area contributed by atoms with Crippen LogP contribution in [0.15, 0.2) is 35.3 Å². The van der Waals surface area contributed by atoms with E-state index in [9.17, 15) is 9.59 Å². The highest BCUT2D eigenvalue weighted by atomic mass is 16.2. The van der Waals surface area contributed by atoms with Crippen molar-refractivity contribution in [3.63, 3.8) is 0 Å². The van der Waals surface area contributed by atoms with Crippen LogP contribution in [0.2, 0.25) is 0 Å². The van der Waals surface area contributed by atoms with E-state index in [2.05, 4.69) is 10.1 Å². The summed E-state index contributed by atoms with van der Waals surface area (Å²) in [5.74, 6) is -0.400. The molecular weight excluding hydrogens is 208 g/mol. The van der Waals surface area contributed by atoms with Gasteiger partial charge in [0.2, 0.25) is 0 Å². The Morgan fingerprint density at radius 2 is 2.31 bits per heavy atom. The van der Waals surface area contributed by atoms with Gasteiger partial charge in [0.05, 0.1) is 5.69 Å². The van der Waals surface area contributed by atoms with Crippen molar-refractivity contribution >= 4 is 5.91 Å². The number of pyridine rings is 1. The molecule has 0 saturated heterocycles. The van der Waals surface area contributed by atoms with Crippen LogP contribution < -0.4 is 11.3 Å². The molecule has 0 saturated carbocycles. The van der Waals surface area contributed by atoms with Crippen molar-refractivity contribution in [2.24, 2.45) is 5.73 Å². The molecule has 2 rings (SSSR count). The summed E-state index contributed by atoms with van der Waals surface area (Å²) in [4.78, 5) is 26.9. The molecule has 3 N–H and O–H groups in total. The van der Waals surface area contributed by atoms with Crippen LogP contribution in [0.3, 0.4) is 0 Å². The van der Waals surface area contributed by atoms with E-state index >= 15 is 0 Å². The molecule has 6 heteroatoms. The number of nitrogens with two attached hydrogens (primary N) is 1. The van der Waals surface area contributed by atoms with Crippen molar-refractivity contribution in [1.29, 1.82) is 0 Å². The summed E-state index contributed by atoms with van der Waals surface area (Å²) in [5, 5.41) is 2.39. The molecule has 0 bridgehead atoms. The first-order valence-corrected chi connectivity index (χ1v) is 4.69. The topological polar surface area (TPSA) is 93.8 Å². The summed E-state index contributed by atoms with van der Waals surface area (Å²) in [6.45, 7) is 0.108. The fraction of sp³-hybridized carbons (Fsp3) is 0.100. The molecule has 2 heterocycles. The molecule has 0 amide bonds. The van der Waals surface area contributed by atoms with Gasteiger partial charge in [-0.05, 0) is 12.1 Å². The highest BCUT2D eigenvalue weighted by Gasteiger charge is 2.13. The molecule has 6 nitrogen and oxygen atoms in total. The molecule has 0 fully saturated rings. The molecule has 82 valence electrons. The SMILES string of the molecule is NCc1cc(=O)[nH]n1C(=O)c1ccccn1. The predicted molar refractivity (Wildman–Crippen MR) is 56.9 cm³/mol. The number of carbonyl (C=O) groups excluding carboxylic acids is 1. The molecule has 0 aliphatic heterocycles. The lowest BCUT2D eigenvalue weighted by Gasteiger charge is -2.03. The van der Waals surface area contributed by atoms with Crippen LogP contribution in [-0.2, 0) is 6.54 Å². The van der Waals surface area contributed by atoms with Gasteiger partial charge in [0.1, 0.15) is 5.69 Å². The number of rotatable bonds is 2. The van der Waals surface area contributed by atoms with Gasteiger partial charge in [-0.1, -0.05) is 6.07 Å². The van der Waals surface area contributed by atoms with Crippen molar-refractivity contribution < 1.29 is 4.79 Å². The van der Waals surface area contributed by atoms with Crippen LogP contribution in [-0.4, -0.2) is 20.7 Å². The number of aromatic nitrogens is 3. The number of hydrogen-bond donors (Lipinski definition) is 2. The summed E-state index contributed by atoms with van der Waals surface area (Å²) in [6, 6.07) is 6.27. The Balaban J connectivity index is 2.45. The number of carbonyl (C=O) groups is 1. The number of nitrogens with zero attached hydrogens (tertiary/aromatic N) is 2. The highest BCUT2D eigenvalue weighted by Crippen LogP contribution is 2.00. The van der Waals surface area contributed by atoms with Crippen molar-refractivity contribution in [3.8, 4) is 0 Å². The summed E-state index contributed by atoms with van der Waals surface area (Å²) < 4.78 is 1.12. The van der Waals surface area contributed by atoms with Crippen LogP contribution in [0.5, 0.6) is 0 Å². The molecule has 2 aromatic heterocycles. The third-order valence-corrected chi connectivity index (χ3v) is 2.10. The summed E-state index contributed by atoms with van der Waals surface area (Å²) >= 11 is 0. The molecule has 16 heavy (non-hydrogen) atoms. The van der Waals surface area contributed by atoms with E-state index in [1.165, 1.54) is 12.3 Å². The zero-order valence-corrected chi connectivity index (χ0v) is 8.38. The first kappa shape index (κ1) is 10.3. The van der Waals surface area contributed by atoms with Crippen LogP contribution in [0, 0.1) is 0 Å². The van der Waals surface area contributed by atoms with E-state index in [1.54, 1.807) is 18.2 Å². The Kier molecular flexibility index (Phi) is 2.65. The minimum Gasteiger partial charge on any atom is -0.325 e. The monoisotopic (exact) mass is 218 g/mol. The van der Waals surface area contributed by atoms with E-state index in [0.29, 0.717) is 5.69 Å². The number of aromatic amines is 1. The van der Waals surface area contributed by atoms with Gasteiger partial charge in [0, 0.05) is 18.8 Å². The Morgan fingerprint density at radius 3 is 2.94 bits per heavy atom. The molecule has 0 aliphatic rings. The predicted octanol–water partition coefficient (Wildman–Crippen LogP) is -0.281. The third kappa shape index (κ3) is 1.78. The number of H-pyrrole nitrogens is 1. The van der Waals surface area contributed by atoms with Crippen LogP contribution in [0.4, 0.5) is 0 Å². The van der Waals surface area contributed by atoms with Gasteiger partial charge in [-0.15, -0.1) is 0 Å². The smallest absolute Gasteiger partial charge is 0.295 e. The molecular formula is C10H10N4O2. The van der Waals surface area contributed by atoms with Crippen molar-refractivity contribution in [2.75, 3.05) is 0 Å². The fourth-order valence-corrected chi connectivity index (χ4v) is 1.37. The number of nitrogens with one attached hydrogen (secondary N) is 1. The lowest BCUT2D eigenvalue weighted by molar-refractivity contribution is 0.0936.